The molecular weight excluding hydrogens is 258 g/mol. The highest BCUT2D eigenvalue weighted by molar-refractivity contribution is 5.88. The van der Waals surface area contributed by atoms with Crippen LogP contribution in [-0.2, 0) is 0 Å². The lowest BCUT2D eigenvalue weighted by Gasteiger charge is -2.08. The zero-order chi connectivity index (χ0) is 13.9. The average molecular weight is 271 g/mol. The van der Waals surface area contributed by atoms with E-state index >= 15 is 0 Å². The van der Waals surface area contributed by atoms with Crippen LogP contribution in [0.15, 0.2) is 24.5 Å². The van der Waals surface area contributed by atoms with E-state index in [0.717, 1.165) is 11.3 Å². The standard InChI is InChI=1S/C12H13N7O/c13-12-17-9-5-7(8-1-2-16-19-8)6-15-10(9)11(18-12)14-3-4-20/h1-2,5-6,20H,3-4H2,(H,16,19)(H3,13,14,17,18). The van der Waals surface area contributed by atoms with Crippen LogP contribution in [0.4, 0.5) is 11.8 Å². The number of aromatic amines is 1. The summed E-state index contributed by atoms with van der Waals surface area (Å²) in [6, 6.07) is 3.70. The molecule has 3 aromatic heterocycles. The lowest BCUT2D eigenvalue weighted by molar-refractivity contribution is 0.311. The molecule has 3 rings (SSSR count). The van der Waals surface area contributed by atoms with Gasteiger partial charge in [0.1, 0.15) is 5.52 Å². The van der Waals surface area contributed by atoms with E-state index in [9.17, 15) is 0 Å². The second kappa shape index (κ2) is 5.10. The molecule has 102 valence electrons. The number of aliphatic hydroxyl groups excluding tert-OH is 1. The Labute approximate surface area is 114 Å². The van der Waals surface area contributed by atoms with Crippen molar-refractivity contribution >= 4 is 22.8 Å². The molecule has 5 N–H and O–H groups in total. The Hall–Kier alpha value is -2.74. The molecule has 8 heteroatoms. The number of nitrogens with two attached hydrogens (primary N) is 1. The Balaban J connectivity index is 2.10. The fourth-order valence-electron chi connectivity index (χ4n) is 1.90. The molecule has 0 spiro atoms. The molecule has 8 nitrogen and oxygen atoms in total. The second-order valence-corrected chi connectivity index (χ2v) is 4.14. The highest BCUT2D eigenvalue weighted by Crippen LogP contribution is 2.23. The van der Waals surface area contributed by atoms with E-state index in [1.54, 1.807) is 12.4 Å². The van der Waals surface area contributed by atoms with E-state index < -0.39 is 0 Å². The summed E-state index contributed by atoms with van der Waals surface area (Å²) in [5, 5.41) is 18.6. The van der Waals surface area contributed by atoms with Crippen LogP contribution in [0.1, 0.15) is 0 Å². The molecule has 0 saturated carbocycles. The number of hydrogen-bond donors (Lipinski definition) is 4. The number of nitrogens with one attached hydrogen (secondary N) is 2. The Kier molecular flexibility index (Phi) is 3.13. The number of H-pyrrole nitrogens is 1. The van der Waals surface area contributed by atoms with Gasteiger partial charge in [-0.25, -0.2) is 9.97 Å². The van der Waals surface area contributed by atoms with Crippen molar-refractivity contribution < 1.29 is 5.11 Å². The third kappa shape index (κ3) is 2.24. The topological polar surface area (TPSA) is 126 Å². The molecule has 0 aliphatic heterocycles. The van der Waals surface area contributed by atoms with Crippen LogP contribution in [0, 0.1) is 0 Å². The molecule has 3 aromatic rings. The van der Waals surface area contributed by atoms with Crippen LogP contribution in [0.25, 0.3) is 22.3 Å². The summed E-state index contributed by atoms with van der Waals surface area (Å²) in [6.07, 6.45) is 3.38. The lowest BCUT2D eigenvalue weighted by Crippen LogP contribution is -2.10. The maximum absolute atomic E-state index is 8.87. The van der Waals surface area contributed by atoms with E-state index in [0.29, 0.717) is 23.4 Å². The maximum atomic E-state index is 8.87. The van der Waals surface area contributed by atoms with E-state index in [2.05, 4.69) is 30.5 Å². The van der Waals surface area contributed by atoms with Gasteiger partial charge >= 0.3 is 0 Å². The van der Waals surface area contributed by atoms with Gasteiger partial charge in [0, 0.05) is 24.5 Å². The van der Waals surface area contributed by atoms with Crippen molar-refractivity contribution in [3.05, 3.63) is 24.5 Å². The number of rotatable bonds is 4. The van der Waals surface area contributed by atoms with Crippen LogP contribution in [-0.4, -0.2) is 43.4 Å². The molecule has 0 bridgehead atoms. The Morgan fingerprint density at radius 1 is 1.35 bits per heavy atom. The highest BCUT2D eigenvalue weighted by Gasteiger charge is 2.09. The van der Waals surface area contributed by atoms with Crippen molar-refractivity contribution in [3.63, 3.8) is 0 Å². The third-order valence-electron chi connectivity index (χ3n) is 2.77. The predicted molar refractivity (Wildman–Crippen MR) is 74.9 cm³/mol. The summed E-state index contributed by atoms with van der Waals surface area (Å²) in [7, 11) is 0. The number of nitrogen functional groups attached to an aromatic ring is 1. The van der Waals surface area contributed by atoms with Gasteiger partial charge in [0.15, 0.2) is 5.82 Å². The molecule has 0 radical (unpaired) electrons. The van der Waals surface area contributed by atoms with Gasteiger partial charge in [-0.3, -0.25) is 5.10 Å². The van der Waals surface area contributed by atoms with Gasteiger partial charge in [-0.15, -0.1) is 0 Å². The Bertz CT molecular complexity index is 726. The maximum Gasteiger partial charge on any atom is 0.222 e. The minimum Gasteiger partial charge on any atom is -0.395 e. The second-order valence-electron chi connectivity index (χ2n) is 4.14. The fourth-order valence-corrected chi connectivity index (χ4v) is 1.90. The Morgan fingerprint density at radius 2 is 2.25 bits per heavy atom. The van der Waals surface area contributed by atoms with Crippen molar-refractivity contribution in [1.82, 2.24) is 25.1 Å². The summed E-state index contributed by atoms with van der Waals surface area (Å²) in [5.74, 6) is 0.666. The van der Waals surface area contributed by atoms with Gasteiger partial charge in [0.2, 0.25) is 5.95 Å². The molecule has 0 fully saturated rings. The lowest BCUT2D eigenvalue weighted by atomic mass is 10.2. The summed E-state index contributed by atoms with van der Waals surface area (Å²) < 4.78 is 0. The molecule has 0 unspecified atom stereocenters. The van der Waals surface area contributed by atoms with Crippen molar-refractivity contribution in [2.45, 2.75) is 0 Å². The molecule has 0 aromatic carbocycles. The SMILES string of the molecule is Nc1nc(NCCO)c2ncc(-c3ccn[nH]3)cc2n1. The fraction of sp³-hybridized carbons (Fsp3) is 0.167. The van der Waals surface area contributed by atoms with Crippen molar-refractivity contribution in [1.29, 1.82) is 0 Å². The summed E-state index contributed by atoms with van der Waals surface area (Å²) in [6.45, 7) is 0.368. The normalized spacial score (nSPS) is 10.8. The van der Waals surface area contributed by atoms with E-state index in [1.165, 1.54) is 0 Å². The molecular formula is C12H13N7O. The predicted octanol–water partition coefficient (Wildman–Crippen LogP) is 0.401. The minimum atomic E-state index is -0.00235. The smallest absolute Gasteiger partial charge is 0.222 e. The van der Waals surface area contributed by atoms with Gasteiger partial charge < -0.3 is 16.2 Å². The van der Waals surface area contributed by atoms with Crippen molar-refractivity contribution in [2.24, 2.45) is 0 Å². The van der Waals surface area contributed by atoms with Crippen LogP contribution in [0.2, 0.25) is 0 Å². The molecule has 0 aliphatic rings. The van der Waals surface area contributed by atoms with Gasteiger partial charge in [0.25, 0.3) is 0 Å². The zero-order valence-electron chi connectivity index (χ0n) is 10.5. The van der Waals surface area contributed by atoms with E-state index in [4.69, 9.17) is 10.8 Å². The van der Waals surface area contributed by atoms with Crippen LogP contribution in [0.3, 0.4) is 0 Å². The zero-order valence-corrected chi connectivity index (χ0v) is 10.5. The third-order valence-corrected chi connectivity index (χ3v) is 2.77. The average Bonchev–Trinajstić information content (AvgIpc) is 2.98. The monoisotopic (exact) mass is 271 g/mol. The minimum absolute atomic E-state index is 0.00235. The van der Waals surface area contributed by atoms with Gasteiger partial charge in [-0.1, -0.05) is 0 Å². The summed E-state index contributed by atoms with van der Waals surface area (Å²) in [5.41, 5.74) is 8.64. The Morgan fingerprint density at radius 3 is 3.00 bits per heavy atom. The van der Waals surface area contributed by atoms with Gasteiger partial charge in [-0.05, 0) is 12.1 Å². The molecule has 0 aliphatic carbocycles. The van der Waals surface area contributed by atoms with Gasteiger partial charge in [-0.2, -0.15) is 10.1 Å². The number of pyridine rings is 1. The largest absolute Gasteiger partial charge is 0.395 e. The first-order valence-electron chi connectivity index (χ1n) is 6.05. The molecule has 0 atom stereocenters. The van der Waals surface area contributed by atoms with Crippen LogP contribution >= 0.6 is 0 Å². The molecule has 0 amide bonds. The van der Waals surface area contributed by atoms with Crippen LogP contribution in [0.5, 0.6) is 0 Å². The van der Waals surface area contributed by atoms with Crippen molar-refractivity contribution in [2.75, 3.05) is 24.2 Å². The number of aliphatic hydroxyl groups is 1. The molecule has 0 saturated heterocycles. The van der Waals surface area contributed by atoms with E-state index in [-0.39, 0.29) is 12.6 Å². The number of anilines is 2. The van der Waals surface area contributed by atoms with Crippen LogP contribution < -0.4 is 11.1 Å². The molecule has 20 heavy (non-hydrogen) atoms. The summed E-state index contributed by atoms with van der Waals surface area (Å²) >= 11 is 0. The first kappa shape index (κ1) is 12.3. The number of hydrogen-bond acceptors (Lipinski definition) is 7. The first-order chi connectivity index (χ1) is 9.78. The first-order valence-corrected chi connectivity index (χ1v) is 6.05. The van der Waals surface area contributed by atoms with Gasteiger partial charge in [0.05, 0.1) is 17.8 Å². The summed E-state index contributed by atoms with van der Waals surface area (Å²) in [4.78, 5) is 12.6. The quantitative estimate of drug-likeness (QED) is 0.541. The number of nitrogens with zero attached hydrogens (tertiary/aromatic N) is 4. The molecule has 3 heterocycles. The highest BCUT2D eigenvalue weighted by atomic mass is 16.3. The number of fused-ring (bicyclic) bond motifs is 1. The van der Waals surface area contributed by atoms with E-state index in [1.807, 2.05) is 12.1 Å². The van der Waals surface area contributed by atoms with Crippen molar-refractivity contribution in [3.8, 4) is 11.3 Å². The number of aromatic nitrogens is 5.